The Labute approximate surface area is 158 Å². The summed E-state index contributed by atoms with van der Waals surface area (Å²) in [6, 6.07) is 0. The summed E-state index contributed by atoms with van der Waals surface area (Å²) in [7, 11) is 0. The van der Waals surface area contributed by atoms with Gasteiger partial charge in [0.2, 0.25) is 0 Å². The number of hydrogen-bond donors (Lipinski definition) is 0. The van der Waals surface area contributed by atoms with Crippen molar-refractivity contribution in [1.29, 1.82) is 0 Å². The van der Waals surface area contributed by atoms with Crippen LogP contribution in [-0.4, -0.2) is 4.57 Å². The van der Waals surface area contributed by atoms with E-state index in [0.717, 1.165) is 0 Å². The Balaban J connectivity index is 2.49. The molecule has 0 saturated heterocycles. The molecule has 0 aliphatic carbocycles. The van der Waals surface area contributed by atoms with Gasteiger partial charge in [-0.15, -0.1) is 0 Å². The zero-order valence-corrected chi connectivity index (χ0v) is 17.6. The molecule has 0 atom stereocenters. The highest BCUT2D eigenvalue weighted by atomic mass is 15.1. The molecule has 25 heavy (non-hydrogen) atoms. The molecule has 0 aliphatic rings. The Kier molecular flexibility index (Phi) is 13.8. The van der Waals surface area contributed by atoms with Gasteiger partial charge in [0.15, 0.2) is 0 Å². The predicted octanol–water partition coefficient (Wildman–Crippen LogP) is 6.84. The molecule has 0 spiro atoms. The molecule has 0 aromatic carbocycles. The van der Waals surface area contributed by atoms with E-state index in [9.17, 15) is 0 Å². The van der Waals surface area contributed by atoms with Crippen molar-refractivity contribution in [2.24, 2.45) is 0 Å². The zero-order chi connectivity index (χ0) is 18.2. The highest BCUT2D eigenvalue weighted by molar-refractivity contribution is 4.84. The number of imidazole rings is 1. The standard InChI is InChI=1S/C23H45N2/c1-4-7-10-13-16-19-24-21-22-25(20-17-14-11-8-5-2)23(24)18-15-12-9-6-3/h21-22H,4-20H2,1-3H3/q+1. The number of nitrogens with zero attached hydrogens (tertiary/aromatic N) is 2. The largest absolute Gasteiger partial charge is 0.256 e. The van der Waals surface area contributed by atoms with Crippen LogP contribution in [-0.2, 0) is 19.5 Å². The van der Waals surface area contributed by atoms with Gasteiger partial charge in [0.1, 0.15) is 12.4 Å². The first-order valence-electron chi connectivity index (χ1n) is 11.4. The van der Waals surface area contributed by atoms with Gasteiger partial charge in [-0.1, -0.05) is 78.6 Å². The fourth-order valence-electron chi connectivity index (χ4n) is 3.67. The second-order valence-electron chi connectivity index (χ2n) is 7.74. The summed E-state index contributed by atoms with van der Waals surface area (Å²) < 4.78 is 5.12. The fourth-order valence-corrected chi connectivity index (χ4v) is 3.67. The van der Waals surface area contributed by atoms with Crippen LogP contribution in [0.25, 0.3) is 0 Å². The van der Waals surface area contributed by atoms with E-state index in [-0.39, 0.29) is 0 Å². The van der Waals surface area contributed by atoms with E-state index in [1.807, 2.05) is 0 Å². The third kappa shape index (κ3) is 10.1. The smallest absolute Gasteiger partial charge is 0.234 e. The summed E-state index contributed by atoms with van der Waals surface area (Å²) in [5.41, 5.74) is 0. The minimum Gasteiger partial charge on any atom is -0.234 e. The van der Waals surface area contributed by atoms with E-state index in [4.69, 9.17) is 0 Å². The third-order valence-electron chi connectivity index (χ3n) is 5.35. The van der Waals surface area contributed by atoms with Crippen molar-refractivity contribution in [3.05, 3.63) is 18.2 Å². The number of unbranched alkanes of at least 4 members (excludes halogenated alkanes) is 11. The maximum Gasteiger partial charge on any atom is 0.256 e. The molecule has 1 heterocycles. The summed E-state index contributed by atoms with van der Waals surface area (Å²) in [5.74, 6) is 1.59. The molecule has 1 aromatic rings. The lowest BCUT2D eigenvalue weighted by molar-refractivity contribution is -0.704. The first-order valence-corrected chi connectivity index (χ1v) is 11.4. The van der Waals surface area contributed by atoms with Crippen molar-refractivity contribution in [3.8, 4) is 0 Å². The van der Waals surface area contributed by atoms with Crippen LogP contribution in [0.1, 0.15) is 116 Å². The van der Waals surface area contributed by atoms with Crippen LogP contribution in [0, 0.1) is 0 Å². The number of hydrogen-bond acceptors (Lipinski definition) is 0. The molecule has 0 amide bonds. The zero-order valence-electron chi connectivity index (χ0n) is 17.6. The molecule has 2 heteroatoms. The Morgan fingerprint density at radius 3 is 1.88 bits per heavy atom. The van der Waals surface area contributed by atoms with Crippen molar-refractivity contribution >= 4 is 0 Å². The van der Waals surface area contributed by atoms with Gasteiger partial charge in [0, 0.05) is 6.42 Å². The van der Waals surface area contributed by atoms with Crippen LogP contribution in [0.15, 0.2) is 12.4 Å². The van der Waals surface area contributed by atoms with Crippen molar-refractivity contribution in [2.45, 2.75) is 130 Å². The number of aromatic nitrogens is 2. The first-order chi connectivity index (χ1) is 12.3. The van der Waals surface area contributed by atoms with Crippen LogP contribution in [0.4, 0.5) is 0 Å². The van der Waals surface area contributed by atoms with Crippen molar-refractivity contribution in [2.75, 3.05) is 0 Å². The van der Waals surface area contributed by atoms with Crippen LogP contribution in [0.2, 0.25) is 0 Å². The van der Waals surface area contributed by atoms with Gasteiger partial charge < -0.3 is 0 Å². The lowest BCUT2D eigenvalue weighted by Gasteiger charge is -2.06. The SMILES string of the molecule is CCCCCCCn1cc[n+](CCCCCCC)c1CCCCCC. The molecule has 1 aromatic heterocycles. The Bertz CT molecular complexity index is 377. The van der Waals surface area contributed by atoms with Gasteiger partial charge in [0.25, 0.3) is 5.82 Å². The topological polar surface area (TPSA) is 8.81 Å². The molecule has 1 rings (SSSR count). The van der Waals surface area contributed by atoms with Crippen LogP contribution < -0.4 is 4.57 Å². The maximum absolute atomic E-state index is 2.56. The van der Waals surface area contributed by atoms with Crippen molar-refractivity contribution in [1.82, 2.24) is 4.57 Å². The molecule has 0 bridgehead atoms. The minimum absolute atomic E-state index is 1.22. The number of rotatable bonds is 17. The number of aryl methyl sites for hydroxylation is 2. The van der Waals surface area contributed by atoms with E-state index in [2.05, 4.69) is 42.3 Å². The van der Waals surface area contributed by atoms with Crippen molar-refractivity contribution in [3.63, 3.8) is 0 Å². The average molecular weight is 350 g/mol. The highest BCUT2D eigenvalue weighted by Gasteiger charge is 2.16. The molecule has 0 fully saturated rings. The van der Waals surface area contributed by atoms with Gasteiger partial charge in [-0.05, 0) is 32.1 Å². The molecule has 0 N–H and O–H groups in total. The van der Waals surface area contributed by atoms with Gasteiger partial charge in [-0.2, -0.15) is 0 Å². The van der Waals surface area contributed by atoms with E-state index in [0.29, 0.717) is 0 Å². The average Bonchev–Trinajstić information content (AvgIpc) is 3.00. The normalized spacial score (nSPS) is 11.3. The quantitative estimate of drug-likeness (QED) is 0.215. The van der Waals surface area contributed by atoms with Crippen LogP contribution in [0.3, 0.4) is 0 Å². The summed E-state index contributed by atoms with van der Waals surface area (Å²) in [6.45, 7) is 9.33. The second kappa shape index (κ2) is 15.5. The molecule has 146 valence electrons. The van der Waals surface area contributed by atoms with E-state index >= 15 is 0 Å². The maximum atomic E-state index is 2.56. The first kappa shape index (κ1) is 22.3. The fraction of sp³-hybridized carbons (Fsp3) is 0.870. The Morgan fingerprint density at radius 2 is 1.24 bits per heavy atom. The van der Waals surface area contributed by atoms with E-state index in [1.54, 1.807) is 5.82 Å². The van der Waals surface area contributed by atoms with E-state index in [1.165, 1.54) is 109 Å². The molecule has 0 unspecified atom stereocenters. The predicted molar refractivity (Wildman–Crippen MR) is 110 cm³/mol. The monoisotopic (exact) mass is 349 g/mol. The van der Waals surface area contributed by atoms with Gasteiger partial charge in [-0.3, -0.25) is 0 Å². The Hall–Kier alpha value is -0.790. The molecule has 2 nitrogen and oxygen atoms in total. The van der Waals surface area contributed by atoms with E-state index < -0.39 is 0 Å². The second-order valence-corrected chi connectivity index (χ2v) is 7.74. The summed E-state index contributed by atoms with van der Waals surface area (Å²) >= 11 is 0. The molecular weight excluding hydrogens is 304 g/mol. The molecule has 0 saturated carbocycles. The summed E-state index contributed by atoms with van der Waals surface area (Å²) in [4.78, 5) is 0. The summed E-state index contributed by atoms with van der Waals surface area (Å²) in [5, 5.41) is 0. The highest BCUT2D eigenvalue weighted by Crippen LogP contribution is 2.10. The van der Waals surface area contributed by atoms with Gasteiger partial charge >= 0.3 is 0 Å². The lowest BCUT2D eigenvalue weighted by atomic mass is 10.1. The van der Waals surface area contributed by atoms with Gasteiger partial charge in [-0.25, -0.2) is 9.13 Å². The minimum atomic E-state index is 1.22. The third-order valence-corrected chi connectivity index (χ3v) is 5.35. The van der Waals surface area contributed by atoms with Crippen molar-refractivity contribution < 1.29 is 4.57 Å². The van der Waals surface area contributed by atoms with Gasteiger partial charge in [0.05, 0.1) is 13.1 Å². The lowest BCUT2D eigenvalue weighted by Crippen LogP contribution is -2.37. The van der Waals surface area contributed by atoms with Crippen LogP contribution in [0.5, 0.6) is 0 Å². The van der Waals surface area contributed by atoms with Crippen LogP contribution >= 0.6 is 0 Å². The molecule has 0 radical (unpaired) electrons. The summed E-state index contributed by atoms with van der Waals surface area (Å²) in [6.07, 6.45) is 25.1. The molecular formula is C23H45N2+. The Morgan fingerprint density at radius 1 is 0.680 bits per heavy atom. The molecule has 0 aliphatic heterocycles.